The molecule has 0 fully saturated rings. The van der Waals surface area contributed by atoms with Gasteiger partial charge in [-0.3, -0.25) is 4.79 Å². The van der Waals surface area contributed by atoms with Gasteiger partial charge in [-0.25, -0.2) is 0 Å². The monoisotopic (exact) mass is 368 g/mol. The van der Waals surface area contributed by atoms with Crippen molar-refractivity contribution in [1.82, 2.24) is 0 Å². The first kappa shape index (κ1) is 14.8. The van der Waals surface area contributed by atoms with Gasteiger partial charge in [-0.2, -0.15) is 13.2 Å². The van der Waals surface area contributed by atoms with Crippen molar-refractivity contribution in [2.24, 2.45) is 0 Å². The number of phenols is 1. The Labute approximate surface area is 132 Å². The number of carbonyl (C=O) groups excluding carboxylic acids is 1. The fourth-order valence-corrected chi connectivity index (χ4v) is 2.70. The highest BCUT2D eigenvalue weighted by atomic mass is 79.9. The summed E-state index contributed by atoms with van der Waals surface area (Å²) in [6, 6.07) is 7.55. The van der Waals surface area contributed by atoms with Gasteiger partial charge in [-0.15, -0.1) is 0 Å². The molecule has 0 atom stereocenters. The Balaban J connectivity index is 2.07. The SMILES string of the molecule is O=C1C=C(c2ccc(C(F)(F)F)cc2)c2cc(Br)c(O)cc21. The number of hydrogen-bond donors (Lipinski definition) is 1. The number of alkyl halides is 3. The maximum Gasteiger partial charge on any atom is 0.416 e. The van der Waals surface area contributed by atoms with Crippen LogP contribution in [-0.2, 0) is 6.18 Å². The summed E-state index contributed by atoms with van der Waals surface area (Å²) in [5, 5.41) is 9.64. The van der Waals surface area contributed by atoms with Crippen LogP contribution in [0.3, 0.4) is 0 Å². The number of carbonyl (C=O) groups is 1. The molecule has 0 bridgehead atoms. The number of allylic oxidation sites excluding steroid dienone is 1. The van der Waals surface area contributed by atoms with E-state index in [4.69, 9.17) is 0 Å². The lowest BCUT2D eigenvalue weighted by atomic mass is 9.98. The molecule has 0 saturated heterocycles. The fourth-order valence-electron chi connectivity index (χ4n) is 2.35. The minimum absolute atomic E-state index is 0.0610. The van der Waals surface area contributed by atoms with Crippen molar-refractivity contribution < 1.29 is 23.1 Å². The number of aromatic hydroxyl groups is 1. The van der Waals surface area contributed by atoms with Crippen LogP contribution in [0.1, 0.15) is 27.0 Å². The van der Waals surface area contributed by atoms with Crippen LogP contribution < -0.4 is 0 Å². The second-order valence-electron chi connectivity index (χ2n) is 4.85. The van der Waals surface area contributed by atoms with Crippen LogP contribution in [0, 0.1) is 0 Å². The first-order chi connectivity index (χ1) is 10.3. The van der Waals surface area contributed by atoms with E-state index in [0.29, 0.717) is 26.7 Å². The second-order valence-corrected chi connectivity index (χ2v) is 5.70. The third kappa shape index (κ3) is 2.43. The molecule has 0 unspecified atom stereocenters. The summed E-state index contributed by atoms with van der Waals surface area (Å²) in [5.41, 5.74) is 1.21. The van der Waals surface area contributed by atoms with Gasteiger partial charge >= 0.3 is 6.18 Å². The lowest BCUT2D eigenvalue weighted by Gasteiger charge is -2.10. The molecule has 3 rings (SSSR count). The molecule has 2 aromatic carbocycles. The molecule has 0 amide bonds. The van der Waals surface area contributed by atoms with Crippen LogP contribution >= 0.6 is 15.9 Å². The van der Waals surface area contributed by atoms with Gasteiger partial charge in [0, 0.05) is 5.56 Å². The molecule has 0 spiro atoms. The molecule has 1 aliphatic carbocycles. The highest BCUT2D eigenvalue weighted by molar-refractivity contribution is 9.10. The van der Waals surface area contributed by atoms with Gasteiger partial charge in [-0.1, -0.05) is 12.1 Å². The zero-order chi connectivity index (χ0) is 16.1. The summed E-state index contributed by atoms with van der Waals surface area (Å²) < 4.78 is 38.2. The number of rotatable bonds is 1. The molecule has 6 heteroatoms. The van der Waals surface area contributed by atoms with Gasteiger partial charge in [0.1, 0.15) is 5.75 Å². The fraction of sp³-hybridized carbons (Fsp3) is 0.0625. The molecular weight excluding hydrogens is 361 g/mol. The Hall–Kier alpha value is -2.08. The van der Waals surface area contributed by atoms with Crippen molar-refractivity contribution >= 4 is 27.3 Å². The van der Waals surface area contributed by atoms with Gasteiger partial charge < -0.3 is 5.11 Å². The van der Waals surface area contributed by atoms with E-state index in [1.165, 1.54) is 24.3 Å². The lowest BCUT2D eigenvalue weighted by molar-refractivity contribution is -0.137. The maximum absolute atomic E-state index is 12.6. The van der Waals surface area contributed by atoms with Crippen LogP contribution in [0.5, 0.6) is 5.75 Å². The first-order valence-corrected chi connectivity index (χ1v) is 7.03. The van der Waals surface area contributed by atoms with Crippen molar-refractivity contribution in [3.63, 3.8) is 0 Å². The van der Waals surface area contributed by atoms with Gasteiger partial charge in [0.25, 0.3) is 0 Å². The molecule has 1 aliphatic rings. The molecular formula is C16H8BrF3O2. The van der Waals surface area contributed by atoms with Crippen LogP contribution in [0.2, 0.25) is 0 Å². The third-order valence-electron chi connectivity index (χ3n) is 3.44. The smallest absolute Gasteiger partial charge is 0.416 e. The van der Waals surface area contributed by atoms with E-state index in [1.807, 2.05) is 0 Å². The average Bonchev–Trinajstić information content (AvgIpc) is 2.76. The van der Waals surface area contributed by atoms with E-state index in [0.717, 1.165) is 12.1 Å². The highest BCUT2D eigenvalue weighted by Crippen LogP contribution is 2.39. The summed E-state index contributed by atoms with van der Waals surface area (Å²) in [4.78, 5) is 12.0. The van der Waals surface area contributed by atoms with E-state index < -0.39 is 11.7 Å². The Morgan fingerprint density at radius 1 is 1.00 bits per heavy atom. The Morgan fingerprint density at radius 3 is 2.23 bits per heavy atom. The molecule has 112 valence electrons. The standard InChI is InChI=1S/C16H8BrF3O2/c17-13-5-11-10(6-14(21)12(11)7-15(13)22)8-1-3-9(4-2-8)16(18,19)20/h1-7,22H. The minimum atomic E-state index is -4.40. The normalized spacial score (nSPS) is 14.0. The molecule has 0 aliphatic heterocycles. The van der Waals surface area contributed by atoms with E-state index in [2.05, 4.69) is 15.9 Å². The summed E-state index contributed by atoms with van der Waals surface area (Å²) >= 11 is 3.17. The molecule has 2 aromatic rings. The molecule has 0 radical (unpaired) electrons. The van der Waals surface area contributed by atoms with E-state index >= 15 is 0 Å². The van der Waals surface area contributed by atoms with Crippen LogP contribution in [0.4, 0.5) is 13.2 Å². The Morgan fingerprint density at radius 2 is 1.64 bits per heavy atom. The van der Waals surface area contributed by atoms with E-state index in [9.17, 15) is 23.1 Å². The minimum Gasteiger partial charge on any atom is -0.507 e. The van der Waals surface area contributed by atoms with E-state index in [-0.39, 0.29) is 11.5 Å². The molecule has 1 N–H and O–H groups in total. The van der Waals surface area contributed by atoms with Crippen molar-refractivity contribution in [1.29, 1.82) is 0 Å². The predicted molar refractivity (Wildman–Crippen MR) is 78.7 cm³/mol. The number of fused-ring (bicyclic) bond motifs is 1. The molecule has 22 heavy (non-hydrogen) atoms. The largest absolute Gasteiger partial charge is 0.507 e. The van der Waals surface area contributed by atoms with Crippen molar-refractivity contribution in [3.05, 3.63) is 69.2 Å². The number of hydrogen-bond acceptors (Lipinski definition) is 2. The second kappa shape index (κ2) is 4.98. The summed E-state index contributed by atoms with van der Waals surface area (Å²) in [7, 11) is 0. The molecule has 0 aromatic heterocycles. The van der Waals surface area contributed by atoms with Crippen molar-refractivity contribution in [3.8, 4) is 5.75 Å². The summed E-state index contributed by atoms with van der Waals surface area (Å²) in [6.45, 7) is 0. The zero-order valence-corrected chi connectivity index (χ0v) is 12.5. The first-order valence-electron chi connectivity index (χ1n) is 6.24. The molecule has 0 heterocycles. The Kier molecular flexibility index (Phi) is 3.36. The quantitative estimate of drug-likeness (QED) is 0.784. The van der Waals surface area contributed by atoms with E-state index in [1.54, 1.807) is 6.07 Å². The number of halogens is 4. The van der Waals surface area contributed by atoms with Crippen LogP contribution in [0.15, 0.2) is 46.9 Å². The number of benzene rings is 2. The zero-order valence-electron chi connectivity index (χ0n) is 10.9. The van der Waals surface area contributed by atoms with Gasteiger partial charge in [0.2, 0.25) is 0 Å². The Bertz CT molecular complexity index is 805. The maximum atomic E-state index is 12.6. The topological polar surface area (TPSA) is 37.3 Å². The third-order valence-corrected chi connectivity index (χ3v) is 4.08. The average molecular weight is 369 g/mol. The van der Waals surface area contributed by atoms with Crippen LogP contribution in [-0.4, -0.2) is 10.9 Å². The van der Waals surface area contributed by atoms with Gasteiger partial charge in [0.15, 0.2) is 5.78 Å². The van der Waals surface area contributed by atoms with Gasteiger partial charge in [0.05, 0.1) is 10.0 Å². The van der Waals surface area contributed by atoms with Crippen LogP contribution in [0.25, 0.3) is 5.57 Å². The van der Waals surface area contributed by atoms with Crippen molar-refractivity contribution in [2.75, 3.05) is 0 Å². The van der Waals surface area contributed by atoms with Crippen molar-refractivity contribution in [2.45, 2.75) is 6.18 Å². The summed E-state index contributed by atoms with van der Waals surface area (Å²) in [6.07, 6.45) is -3.04. The molecule has 2 nitrogen and oxygen atoms in total. The highest BCUT2D eigenvalue weighted by Gasteiger charge is 2.30. The van der Waals surface area contributed by atoms with Gasteiger partial charge in [-0.05, 0) is 63.0 Å². The predicted octanol–water partition coefficient (Wildman–Crippen LogP) is 4.80. The summed E-state index contributed by atoms with van der Waals surface area (Å²) in [5.74, 6) is -0.345. The number of phenolic OH excluding ortho intramolecular Hbond substituents is 1. The lowest BCUT2D eigenvalue weighted by Crippen LogP contribution is -2.04. The number of ketones is 1. The molecule has 0 saturated carbocycles.